The van der Waals surface area contributed by atoms with Crippen molar-refractivity contribution in [1.82, 2.24) is 10.3 Å². The molecular weight excluding hydrogens is 300 g/mol. The number of aryl methyl sites for hydroxylation is 1. The quantitative estimate of drug-likeness (QED) is 0.541. The summed E-state index contributed by atoms with van der Waals surface area (Å²) in [6, 6.07) is 4.24. The number of nitrogens with zero attached hydrogens (tertiary/aromatic N) is 1. The molecule has 2 heterocycles. The van der Waals surface area contributed by atoms with Gasteiger partial charge in [0.05, 0.1) is 19.9 Å². The van der Waals surface area contributed by atoms with E-state index < -0.39 is 0 Å². The van der Waals surface area contributed by atoms with Crippen LogP contribution < -0.4 is 10.1 Å². The van der Waals surface area contributed by atoms with Crippen LogP contribution in [-0.2, 0) is 0 Å². The zero-order chi connectivity index (χ0) is 14.8. The second-order valence-corrected chi connectivity index (χ2v) is 7.14. The van der Waals surface area contributed by atoms with Crippen molar-refractivity contribution in [3.63, 3.8) is 0 Å². The first-order valence-electron chi connectivity index (χ1n) is 6.94. The van der Waals surface area contributed by atoms with Crippen LogP contribution in [0.15, 0.2) is 30.2 Å². The molecule has 0 saturated heterocycles. The number of fused-ring (bicyclic) bond motifs is 3. The van der Waals surface area contributed by atoms with Crippen LogP contribution in [0.3, 0.4) is 0 Å². The molecule has 3 nitrogen and oxygen atoms in total. The first-order valence-corrected chi connectivity index (χ1v) is 8.64. The zero-order valence-electron chi connectivity index (χ0n) is 12.2. The molecule has 0 bridgehead atoms. The van der Waals surface area contributed by atoms with Crippen LogP contribution in [0.2, 0.25) is 0 Å². The Morgan fingerprint density at radius 2 is 2.38 bits per heavy atom. The topological polar surface area (TPSA) is 34.1 Å². The molecule has 1 unspecified atom stereocenters. The average Bonchev–Trinajstić information content (AvgIpc) is 3.04. The molecule has 1 atom stereocenters. The molecule has 3 rings (SSSR count). The molecule has 1 aromatic carbocycles. The van der Waals surface area contributed by atoms with Gasteiger partial charge in [0.25, 0.3) is 0 Å². The Labute approximate surface area is 132 Å². The van der Waals surface area contributed by atoms with Crippen LogP contribution in [0.1, 0.15) is 11.9 Å². The Hall–Kier alpha value is -1.43. The van der Waals surface area contributed by atoms with E-state index in [1.165, 1.54) is 9.40 Å². The molecule has 2 aromatic heterocycles. The van der Waals surface area contributed by atoms with Gasteiger partial charge < -0.3 is 10.1 Å². The van der Waals surface area contributed by atoms with Crippen molar-refractivity contribution >= 4 is 43.0 Å². The summed E-state index contributed by atoms with van der Waals surface area (Å²) in [5.74, 6) is 0.954. The lowest BCUT2D eigenvalue weighted by Gasteiger charge is -2.16. The molecule has 0 fully saturated rings. The minimum atomic E-state index is 0.111. The largest absolute Gasteiger partial charge is 0.489 e. The zero-order valence-corrected chi connectivity index (χ0v) is 13.8. The van der Waals surface area contributed by atoms with Crippen molar-refractivity contribution in [3.8, 4) is 5.75 Å². The van der Waals surface area contributed by atoms with E-state index in [1.807, 2.05) is 13.0 Å². The van der Waals surface area contributed by atoms with E-state index in [-0.39, 0.29) is 6.10 Å². The third kappa shape index (κ3) is 2.95. The Kier molecular flexibility index (Phi) is 4.24. The molecule has 0 spiro atoms. The molecule has 0 radical (unpaired) electrons. The normalized spacial score (nSPS) is 12.9. The van der Waals surface area contributed by atoms with Gasteiger partial charge in [-0.1, -0.05) is 6.08 Å². The highest BCUT2D eigenvalue weighted by Gasteiger charge is 2.14. The van der Waals surface area contributed by atoms with Crippen molar-refractivity contribution in [2.24, 2.45) is 0 Å². The highest BCUT2D eigenvalue weighted by atomic mass is 32.1. The van der Waals surface area contributed by atoms with E-state index in [9.17, 15) is 0 Å². The SMILES string of the molecule is C=CCNCC(C)Oc1cc2sc(C)nc2c2sccc12. The smallest absolute Gasteiger partial charge is 0.130 e. The number of hydrogen-bond donors (Lipinski definition) is 1. The fraction of sp³-hybridized carbons (Fsp3) is 0.312. The van der Waals surface area contributed by atoms with Gasteiger partial charge in [0.1, 0.15) is 11.9 Å². The Morgan fingerprint density at radius 3 is 3.19 bits per heavy atom. The number of nitrogens with one attached hydrogen (secondary N) is 1. The molecule has 5 heteroatoms. The Balaban J connectivity index is 1.92. The number of rotatable bonds is 6. The molecule has 0 aliphatic heterocycles. The molecule has 21 heavy (non-hydrogen) atoms. The standard InChI is InChI=1S/C16H18N2OS2/c1-4-6-17-9-10(2)19-13-8-14-15(18-11(3)21-14)16-12(13)5-7-20-16/h4-5,7-8,10,17H,1,6,9H2,2-3H3. The fourth-order valence-corrected chi connectivity index (χ4v) is 4.16. The van der Waals surface area contributed by atoms with Crippen molar-refractivity contribution in [3.05, 3.63) is 35.2 Å². The monoisotopic (exact) mass is 318 g/mol. The minimum Gasteiger partial charge on any atom is -0.489 e. The summed E-state index contributed by atoms with van der Waals surface area (Å²) in [5, 5.41) is 7.65. The van der Waals surface area contributed by atoms with Gasteiger partial charge in [-0.05, 0) is 25.3 Å². The number of hydrogen-bond acceptors (Lipinski definition) is 5. The van der Waals surface area contributed by atoms with Crippen LogP contribution in [-0.4, -0.2) is 24.2 Å². The van der Waals surface area contributed by atoms with Gasteiger partial charge in [-0.25, -0.2) is 4.98 Å². The predicted octanol–water partition coefficient (Wildman–Crippen LogP) is 4.36. The van der Waals surface area contributed by atoms with Crippen LogP contribution in [0.4, 0.5) is 0 Å². The van der Waals surface area contributed by atoms with Gasteiger partial charge in [-0.15, -0.1) is 29.3 Å². The molecular formula is C16H18N2OS2. The predicted molar refractivity (Wildman–Crippen MR) is 92.9 cm³/mol. The van der Waals surface area contributed by atoms with Crippen LogP contribution >= 0.6 is 22.7 Å². The lowest BCUT2D eigenvalue weighted by Crippen LogP contribution is -2.28. The van der Waals surface area contributed by atoms with Gasteiger partial charge in [0, 0.05) is 24.5 Å². The second-order valence-electron chi connectivity index (χ2n) is 4.99. The highest BCUT2D eigenvalue weighted by Crippen LogP contribution is 2.39. The summed E-state index contributed by atoms with van der Waals surface area (Å²) in [6.45, 7) is 9.44. The van der Waals surface area contributed by atoms with Gasteiger partial charge in [0.15, 0.2) is 0 Å². The van der Waals surface area contributed by atoms with Gasteiger partial charge in [0.2, 0.25) is 0 Å². The van der Waals surface area contributed by atoms with E-state index in [0.29, 0.717) is 0 Å². The van der Waals surface area contributed by atoms with Crippen LogP contribution in [0, 0.1) is 6.92 Å². The summed E-state index contributed by atoms with van der Waals surface area (Å²) < 4.78 is 8.56. The van der Waals surface area contributed by atoms with Crippen molar-refractivity contribution in [2.45, 2.75) is 20.0 Å². The molecule has 1 N–H and O–H groups in total. The lowest BCUT2D eigenvalue weighted by atomic mass is 10.2. The summed E-state index contributed by atoms with van der Waals surface area (Å²) in [5.41, 5.74) is 1.10. The van der Waals surface area contributed by atoms with Crippen molar-refractivity contribution in [2.75, 3.05) is 13.1 Å². The van der Waals surface area contributed by atoms with Gasteiger partial charge in [-0.3, -0.25) is 0 Å². The van der Waals surface area contributed by atoms with E-state index in [4.69, 9.17) is 4.74 Å². The van der Waals surface area contributed by atoms with Crippen molar-refractivity contribution < 1.29 is 4.74 Å². The fourth-order valence-electron chi connectivity index (χ4n) is 2.33. The molecule has 0 aliphatic carbocycles. The summed E-state index contributed by atoms with van der Waals surface area (Å²) >= 11 is 3.45. The number of aromatic nitrogens is 1. The molecule has 0 amide bonds. The number of thiazole rings is 1. The Bertz CT molecular complexity index is 775. The maximum absolute atomic E-state index is 6.14. The first-order chi connectivity index (χ1) is 10.2. The maximum Gasteiger partial charge on any atom is 0.130 e. The van der Waals surface area contributed by atoms with Crippen molar-refractivity contribution in [1.29, 1.82) is 0 Å². The van der Waals surface area contributed by atoms with Crippen LogP contribution in [0.5, 0.6) is 5.75 Å². The van der Waals surface area contributed by atoms with Crippen LogP contribution in [0.25, 0.3) is 20.3 Å². The first kappa shape index (κ1) is 14.5. The number of ether oxygens (including phenoxy) is 1. The second kappa shape index (κ2) is 6.13. The maximum atomic E-state index is 6.14. The molecule has 3 aromatic rings. The third-order valence-corrected chi connectivity index (χ3v) is 5.06. The third-order valence-electron chi connectivity index (χ3n) is 3.22. The van der Waals surface area contributed by atoms with Gasteiger partial charge >= 0.3 is 0 Å². The van der Waals surface area contributed by atoms with E-state index in [2.05, 4.69) is 41.3 Å². The molecule has 0 aliphatic rings. The van der Waals surface area contributed by atoms with E-state index >= 15 is 0 Å². The summed E-state index contributed by atoms with van der Waals surface area (Å²) in [4.78, 5) is 4.64. The van der Waals surface area contributed by atoms with Gasteiger partial charge in [-0.2, -0.15) is 0 Å². The van der Waals surface area contributed by atoms with E-state index in [1.54, 1.807) is 22.7 Å². The summed E-state index contributed by atoms with van der Waals surface area (Å²) in [6.07, 6.45) is 1.97. The number of thiophene rings is 1. The van der Waals surface area contributed by atoms with E-state index in [0.717, 1.165) is 34.7 Å². The lowest BCUT2D eigenvalue weighted by molar-refractivity contribution is 0.222. The Morgan fingerprint density at radius 1 is 1.52 bits per heavy atom. The molecule has 110 valence electrons. The average molecular weight is 318 g/mol. The highest BCUT2D eigenvalue weighted by molar-refractivity contribution is 7.21. The molecule has 0 saturated carbocycles. The summed E-state index contributed by atoms with van der Waals surface area (Å²) in [7, 11) is 0. The number of benzene rings is 1. The minimum absolute atomic E-state index is 0.111.